The SMILES string of the molecule is COc1ccc(C2(O)C=C(c3cccc(Br)c3)C(=O)N2OCc2ccccc2)cc1Br. The van der Waals surface area contributed by atoms with Gasteiger partial charge in [0, 0.05) is 10.0 Å². The molecule has 1 unspecified atom stereocenters. The van der Waals surface area contributed by atoms with E-state index in [1.54, 1.807) is 25.3 Å². The molecule has 0 aliphatic carbocycles. The van der Waals surface area contributed by atoms with Crippen LogP contribution in [0.15, 0.2) is 87.8 Å². The van der Waals surface area contributed by atoms with E-state index in [1.807, 2.05) is 54.6 Å². The summed E-state index contributed by atoms with van der Waals surface area (Å²) in [6, 6.07) is 22.0. The Kier molecular flexibility index (Phi) is 6.29. The molecule has 0 saturated carbocycles. The Labute approximate surface area is 197 Å². The van der Waals surface area contributed by atoms with E-state index in [2.05, 4.69) is 31.9 Å². The summed E-state index contributed by atoms with van der Waals surface area (Å²) in [6.07, 6.45) is 1.52. The van der Waals surface area contributed by atoms with Crippen LogP contribution in [0.3, 0.4) is 0 Å². The summed E-state index contributed by atoms with van der Waals surface area (Å²) in [7, 11) is 1.56. The maximum atomic E-state index is 13.4. The molecule has 7 heteroatoms. The quantitative estimate of drug-likeness (QED) is 0.450. The van der Waals surface area contributed by atoms with Gasteiger partial charge in [0.25, 0.3) is 5.91 Å². The van der Waals surface area contributed by atoms with E-state index in [0.29, 0.717) is 26.9 Å². The van der Waals surface area contributed by atoms with Crippen LogP contribution >= 0.6 is 31.9 Å². The number of benzene rings is 3. The van der Waals surface area contributed by atoms with Gasteiger partial charge in [0.2, 0.25) is 5.72 Å². The lowest BCUT2D eigenvalue weighted by molar-refractivity contribution is -0.262. The van der Waals surface area contributed by atoms with Crippen molar-refractivity contribution in [3.05, 3.63) is 105 Å². The fraction of sp³-hybridized carbons (Fsp3) is 0.125. The summed E-state index contributed by atoms with van der Waals surface area (Å²) in [4.78, 5) is 19.2. The molecule has 1 amide bonds. The van der Waals surface area contributed by atoms with Crippen LogP contribution in [-0.2, 0) is 22.0 Å². The third-order valence-electron chi connectivity index (χ3n) is 4.99. The number of carbonyl (C=O) groups excluding carboxylic acids is 1. The Balaban J connectivity index is 1.76. The molecule has 1 aliphatic heterocycles. The Bertz CT molecular complexity index is 1150. The van der Waals surface area contributed by atoms with Crippen LogP contribution in [0.1, 0.15) is 16.7 Å². The van der Waals surface area contributed by atoms with Gasteiger partial charge < -0.3 is 9.84 Å². The summed E-state index contributed by atoms with van der Waals surface area (Å²) < 4.78 is 6.78. The first-order valence-corrected chi connectivity index (χ1v) is 11.1. The molecule has 31 heavy (non-hydrogen) atoms. The second-order valence-electron chi connectivity index (χ2n) is 7.00. The minimum absolute atomic E-state index is 0.131. The molecule has 1 atom stereocenters. The first kappa shape index (κ1) is 21.8. The highest BCUT2D eigenvalue weighted by Crippen LogP contribution is 2.42. The van der Waals surface area contributed by atoms with Crippen molar-refractivity contribution >= 4 is 43.3 Å². The zero-order chi connectivity index (χ0) is 22.0. The third kappa shape index (κ3) is 4.32. The van der Waals surface area contributed by atoms with Crippen LogP contribution in [0.25, 0.3) is 5.57 Å². The Morgan fingerprint density at radius 3 is 2.45 bits per heavy atom. The number of aliphatic hydroxyl groups is 1. The Hall–Kier alpha value is -2.45. The van der Waals surface area contributed by atoms with Gasteiger partial charge in [0.15, 0.2) is 0 Å². The summed E-state index contributed by atoms with van der Waals surface area (Å²) in [5, 5.41) is 12.7. The summed E-state index contributed by atoms with van der Waals surface area (Å²) >= 11 is 6.89. The highest BCUT2D eigenvalue weighted by atomic mass is 79.9. The first-order chi connectivity index (χ1) is 14.9. The van der Waals surface area contributed by atoms with Gasteiger partial charge in [-0.1, -0.05) is 64.5 Å². The van der Waals surface area contributed by atoms with E-state index in [4.69, 9.17) is 9.57 Å². The molecule has 3 aromatic carbocycles. The predicted molar refractivity (Wildman–Crippen MR) is 125 cm³/mol. The molecular weight excluding hydrogens is 526 g/mol. The highest BCUT2D eigenvalue weighted by molar-refractivity contribution is 9.10. The molecule has 0 radical (unpaired) electrons. The minimum Gasteiger partial charge on any atom is -0.496 e. The van der Waals surface area contributed by atoms with Gasteiger partial charge in [-0.15, -0.1) is 0 Å². The first-order valence-electron chi connectivity index (χ1n) is 9.49. The zero-order valence-electron chi connectivity index (χ0n) is 16.6. The Morgan fingerprint density at radius 2 is 1.77 bits per heavy atom. The van der Waals surface area contributed by atoms with Crippen molar-refractivity contribution in [2.45, 2.75) is 12.3 Å². The summed E-state index contributed by atoms with van der Waals surface area (Å²) in [5.41, 5.74) is 0.578. The lowest BCUT2D eigenvalue weighted by Gasteiger charge is -2.32. The molecule has 0 spiro atoms. The molecular formula is C24H19Br2NO4. The van der Waals surface area contributed by atoms with Crippen molar-refractivity contribution in [3.63, 3.8) is 0 Å². The van der Waals surface area contributed by atoms with E-state index in [1.165, 1.54) is 6.08 Å². The maximum Gasteiger partial charge on any atom is 0.281 e. The van der Waals surface area contributed by atoms with Gasteiger partial charge in [-0.2, -0.15) is 5.06 Å². The number of halogens is 2. The van der Waals surface area contributed by atoms with Gasteiger partial charge in [-0.3, -0.25) is 9.63 Å². The molecule has 3 aromatic rings. The zero-order valence-corrected chi connectivity index (χ0v) is 19.8. The monoisotopic (exact) mass is 543 g/mol. The van der Waals surface area contributed by atoms with Crippen LogP contribution in [0.2, 0.25) is 0 Å². The van der Waals surface area contributed by atoms with E-state index >= 15 is 0 Å². The number of rotatable bonds is 6. The lowest BCUT2D eigenvalue weighted by atomic mass is 10.0. The van der Waals surface area contributed by atoms with Gasteiger partial charge in [0.1, 0.15) is 12.4 Å². The van der Waals surface area contributed by atoms with Gasteiger partial charge >= 0.3 is 0 Å². The standard InChI is InChI=1S/C24H19Br2NO4/c1-30-22-11-10-18(13-21(22)26)24(29)14-20(17-8-5-9-19(25)12-17)23(28)27(24)31-15-16-6-3-2-4-7-16/h2-14,29H,15H2,1H3. The van der Waals surface area contributed by atoms with Crippen LogP contribution in [0.4, 0.5) is 0 Å². The maximum absolute atomic E-state index is 13.4. The molecule has 0 aromatic heterocycles. The number of amides is 1. The van der Waals surface area contributed by atoms with E-state index < -0.39 is 11.6 Å². The molecule has 0 saturated heterocycles. The molecule has 158 valence electrons. The fourth-order valence-electron chi connectivity index (χ4n) is 3.41. The van der Waals surface area contributed by atoms with E-state index in [-0.39, 0.29) is 6.61 Å². The number of hydrogen-bond donors (Lipinski definition) is 1. The highest BCUT2D eigenvalue weighted by Gasteiger charge is 2.47. The van der Waals surface area contributed by atoms with Crippen LogP contribution < -0.4 is 4.74 Å². The van der Waals surface area contributed by atoms with E-state index in [9.17, 15) is 9.90 Å². The van der Waals surface area contributed by atoms with Crippen LogP contribution in [0, 0.1) is 0 Å². The van der Waals surface area contributed by atoms with Gasteiger partial charge in [-0.25, -0.2) is 0 Å². The number of carbonyl (C=O) groups is 1. The van der Waals surface area contributed by atoms with Crippen LogP contribution in [-0.4, -0.2) is 23.2 Å². The van der Waals surface area contributed by atoms with Gasteiger partial charge in [0.05, 0.1) is 17.2 Å². The normalized spacial score (nSPS) is 18.3. The largest absolute Gasteiger partial charge is 0.496 e. The van der Waals surface area contributed by atoms with Crippen LogP contribution in [0.5, 0.6) is 5.75 Å². The number of ether oxygens (including phenoxy) is 1. The molecule has 1 heterocycles. The van der Waals surface area contributed by atoms with Crippen molar-refractivity contribution in [2.75, 3.05) is 7.11 Å². The second-order valence-corrected chi connectivity index (χ2v) is 8.77. The van der Waals surface area contributed by atoms with E-state index in [0.717, 1.165) is 15.1 Å². The topological polar surface area (TPSA) is 59.0 Å². The number of hydroxylamine groups is 2. The van der Waals surface area contributed by atoms with Crippen molar-refractivity contribution < 1.29 is 19.5 Å². The molecule has 5 nitrogen and oxygen atoms in total. The molecule has 1 aliphatic rings. The fourth-order valence-corrected chi connectivity index (χ4v) is 4.35. The smallest absolute Gasteiger partial charge is 0.281 e. The van der Waals surface area contributed by atoms with Crippen molar-refractivity contribution in [1.29, 1.82) is 0 Å². The average Bonchev–Trinajstić information content (AvgIpc) is 3.04. The number of methoxy groups -OCH3 is 1. The minimum atomic E-state index is -1.79. The summed E-state index contributed by atoms with van der Waals surface area (Å²) in [6.45, 7) is 0.131. The third-order valence-corrected chi connectivity index (χ3v) is 6.10. The molecule has 1 N–H and O–H groups in total. The van der Waals surface area contributed by atoms with Gasteiger partial charge in [-0.05, 0) is 57.4 Å². The molecule has 0 fully saturated rings. The number of hydrogen-bond acceptors (Lipinski definition) is 4. The lowest BCUT2D eigenvalue weighted by Crippen LogP contribution is -2.44. The van der Waals surface area contributed by atoms with Crippen molar-refractivity contribution in [3.8, 4) is 5.75 Å². The summed E-state index contributed by atoms with van der Waals surface area (Å²) in [5.74, 6) is 0.188. The van der Waals surface area contributed by atoms with Crippen molar-refractivity contribution in [2.24, 2.45) is 0 Å². The van der Waals surface area contributed by atoms with Crippen molar-refractivity contribution in [1.82, 2.24) is 5.06 Å². The molecule has 4 rings (SSSR count). The second kappa shape index (κ2) is 8.96. The number of nitrogens with zero attached hydrogens (tertiary/aromatic N) is 1. The predicted octanol–water partition coefficient (Wildman–Crippen LogP) is 5.42. The molecule has 0 bridgehead atoms. The average molecular weight is 545 g/mol. The Morgan fingerprint density at radius 1 is 1.00 bits per heavy atom.